The van der Waals surface area contributed by atoms with Gasteiger partial charge in [0, 0.05) is 11.5 Å². The summed E-state index contributed by atoms with van der Waals surface area (Å²) >= 11 is 5.79. The average molecular weight is 318 g/mol. The maximum atomic E-state index is 14.0. The zero-order chi connectivity index (χ0) is 15.1. The Kier molecular flexibility index (Phi) is 2.97. The van der Waals surface area contributed by atoms with E-state index in [0.29, 0.717) is 28.2 Å². The van der Waals surface area contributed by atoms with E-state index in [-0.39, 0.29) is 17.5 Å². The SMILES string of the molecule is Fc1c(Cl)cccc1Nc1ncnc2cc3c(cc12)OCO3. The Morgan fingerprint density at radius 1 is 1.14 bits per heavy atom. The molecule has 5 nitrogen and oxygen atoms in total. The number of nitrogens with one attached hydrogen (secondary N) is 1. The topological polar surface area (TPSA) is 56.3 Å². The number of fused-ring (bicyclic) bond motifs is 2. The molecule has 1 aromatic heterocycles. The summed E-state index contributed by atoms with van der Waals surface area (Å²) in [5, 5.41) is 3.68. The van der Waals surface area contributed by atoms with Crippen LogP contribution in [0.15, 0.2) is 36.7 Å². The Bertz CT molecular complexity index is 888. The van der Waals surface area contributed by atoms with Crippen molar-refractivity contribution in [1.82, 2.24) is 9.97 Å². The van der Waals surface area contributed by atoms with Crippen molar-refractivity contribution in [2.24, 2.45) is 0 Å². The average Bonchev–Trinajstić information content (AvgIpc) is 2.97. The van der Waals surface area contributed by atoms with Crippen LogP contribution in [0.5, 0.6) is 11.5 Å². The van der Waals surface area contributed by atoms with Crippen LogP contribution >= 0.6 is 11.6 Å². The van der Waals surface area contributed by atoms with Gasteiger partial charge in [-0.15, -0.1) is 0 Å². The minimum atomic E-state index is -0.531. The third-order valence-electron chi connectivity index (χ3n) is 3.33. The lowest BCUT2D eigenvalue weighted by Gasteiger charge is -2.10. The summed E-state index contributed by atoms with van der Waals surface area (Å²) in [7, 11) is 0. The van der Waals surface area contributed by atoms with Crippen molar-refractivity contribution in [3.8, 4) is 11.5 Å². The summed E-state index contributed by atoms with van der Waals surface area (Å²) in [6.45, 7) is 0.171. The first-order valence-corrected chi connectivity index (χ1v) is 6.85. The number of anilines is 2. The van der Waals surface area contributed by atoms with Crippen LogP contribution in [-0.4, -0.2) is 16.8 Å². The molecule has 0 fully saturated rings. The van der Waals surface area contributed by atoms with Crippen molar-refractivity contribution < 1.29 is 13.9 Å². The summed E-state index contributed by atoms with van der Waals surface area (Å²) in [5.74, 6) is 1.17. The van der Waals surface area contributed by atoms with Crippen molar-refractivity contribution in [2.75, 3.05) is 12.1 Å². The van der Waals surface area contributed by atoms with Crippen LogP contribution in [0.25, 0.3) is 10.9 Å². The normalized spacial score (nSPS) is 12.6. The molecular weight excluding hydrogens is 309 g/mol. The molecule has 110 valence electrons. The molecule has 2 heterocycles. The summed E-state index contributed by atoms with van der Waals surface area (Å²) < 4.78 is 24.7. The molecule has 0 bridgehead atoms. The molecule has 0 amide bonds. The molecule has 0 aliphatic carbocycles. The maximum absolute atomic E-state index is 14.0. The van der Waals surface area contributed by atoms with Crippen molar-refractivity contribution in [2.45, 2.75) is 0 Å². The Morgan fingerprint density at radius 3 is 2.82 bits per heavy atom. The molecule has 0 unspecified atom stereocenters. The molecular formula is C15H9ClFN3O2. The number of benzene rings is 2. The lowest BCUT2D eigenvalue weighted by Crippen LogP contribution is -1.98. The van der Waals surface area contributed by atoms with E-state index in [1.165, 1.54) is 12.4 Å². The summed E-state index contributed by atoms with van der Waals surface area (Å²) in [4.78, 5) is 8.36. The van der Waals surface area contributed by atoms with Crippen LogP contribution < -0.4 is 14.8 Å². The van der Waals surface area contributed by atoms with Crippen LogP contribution in [0.4, 0.5) is 15.9 Å². The third kappa shape index (κ3) is 2.08. The van der Waals surface area contributed by atoms with Gasteiger partial charge in [-0.25, -0.2) is 14.4 Å². The van der Waals surface area contributed by atoms with Gasteiger partial charge in [0.1, 0.15) is 12.1 Å². The van der Waals surface area contributed by atoms with E-state index < -0.39 is 5.82 Å². The molecule has 1 N–H and O–H groups in total. The van der Waals surface area contributed by atoms with Gasteiger partial charge in [0.2, 0.25) is 6.79 Å². The van der Waals surface area contributed by atoms with E-state index in [9.17, 15) is 4.39 Å². The quantitative estimate of drug-likeness (QED) is 0.777. The van der Waals surface area contributed by atoms with E-state index in [2.05, 4.69) is 15.3 Å². The lowest BCUT2D eigenvalue weighted by molar-refractivity contribution is 0.174. The van der Waals surface area contributed by atoms with E-state index in [1.807, 2.05) is 0 Å². The van der Waals surface area contributed by atoms with E-state index >= 15 is 0 Å². The van der Waals surface area contributed by atoms with Gasteiger partial charge < -0.3 is 14.8 Å². The summed E-state index contributed by atoms with van der Waals surface area (Å²) in [6, 6.07) is 8.26. The fourth-order valence-corrected chi connectivity index (χ4v) is 2.45. The van der Waals surface area contributed by atoms with Crippen molar-refractivity contribution in [3.05, 3.63) is 47.5 Å². The fraction of sp³-hybridized carbons (Fsp3) is 0.0667. The van der Waals surface area contributed by atoms with Gasteiger partial charge in [-0.3, -0.25) is 0 Å². The molecule has 0 saturated carbocycles. The lowest BCUT2D eigenvalue weighted by atomic mass is 10.2. The second kappa shape index (κ2) is 4.99. The molecule has 7 heteroatoms. The number of aromatic nitrogens is 2. The largest absolute Gasteiger partial charge is 0.454 e. The van der Waals surface area contributed by atoms with Gasteiger partial charge >= 0.3 is 0 Å². The Balaban J connectivity index is 1.83. The molecule has 3 aromatic rings. The second-order valence-corrected chi connectivity index (χ2v) is 5.08. The highest BCUT2D eigenvalue weighted by atomic mass is 35.5. The van der Waals surface area contributed by atoms with Crippen LogP contribution in [0, 0.1) is 5.82 Å². The fourth-order valence-electron chi connectivity index (χ4n) is 2.27. The van der Waals surface area contributed by atoms with Crippen molar-refractivity contribution in [1.29, 1.82) is 0 Å². The number of nitrogens with zero attached hydrogens (tertiary/aromatic N) is 2. The number of ether oxygens (including phenoxy) is 2. The highest BCUT2D eigenvalue weighted by molar-refractivity contribution is 6.31. The standard InChI is InChI=1S/C15H9ClFN3O2/c16-9-2-1-3-10(14(9)17)20-15-8-4-12-13(22-7-21-12)5-11(8)18-6-19-15/h1-6H,7H2,(H,18,19,20). The number of halogens is 2. The van der Waals surface area contributed by atoms with E-state index in [0.717, 1.165) is 0 Å². The first kappa shape index (κ1) is 13.1. The Morgan fingerprint density at radius 2 is 1.95 bits per heavy atom. The zero-order valence-corrected chi connectivity index (χ0v) is 11.9. The molecule has 4 rings (SSSR count). The Labute approximate surface area is 129 Å². The predicted octanol–water partition coefficient (Wildman–Crippen LogP) is 3.89. The molecule has 0 spiro atoms. The van der Waals surface area contributed by atoms with Gasteiger partial charge in [0.25, 0.3) is 0 Å². The van der Waals surface area contributed by atoms with Crippen LogP contribution in [0.3, 0.4) is 0 Å². The van der Waals surface area contributed by atoms with Crippen molar-refractivity contribution >= 4 is 34.0 Å². The van der Waals surface area contributed by atoms with Gasteiger partial charge in [-0.1, -0.05) is 17.7 Å². The molecule has 0 saturated heterocycles. The number of hydrogen-bond donors (Lipinski definition) is 1. The van der Waals surface area contributed by atoms with E-state index in [1.54, 1.807) is 24.3 Å². The molecule has 1 aliphatic heterocycles. The predicted molar refractivity (Wildman–Crippen MR) is 80.4 cm³/mol. The van der Waals surface area contributed by atoms with Crippen LogP contribution in [-0.2, 0) is 0 Å². The molecule has 1 aliphatic rings. The van der Waals surface area contributed by atoms with Gasteiger partial charge in [0.15, 0.2) is 17.3 Å². The molecule has 0 atom stereocenters. The van der Waals surface area contributed by atoms with Crippen LogP contribution in [0.2, 0.25) is 5.02 Å². The first-order chi connectivity index (χ1) is 10.7. The third-order valence-corrected chi connectivity index (χ3v) is 3.63. The number of rotatable bonds is 2. The minimum Gasteiger partial charge on any atom is -0.454 e. The number of hydrogen-bond acceptors (Lipinski definition) is 5. The minimum absolute atomic E-state index is 0.0426. The summed E-state index contributed by atoms with van der Waals surface area (Å²) in [6.07, 6.45) is 1.40. The van der Waals surface area contributed by atoms with Gasteiger partial charge in [-0.05, 0) is 18.2 Å². The highest BCUT2D eigenvalue weighted by Gasteiger charge is 2.17. The molecule has 0 radical (unpaired) electrons. The second-order valence-electron chi connectivity index (χ2n) is 4.67. The van der Waals surface area contributed by atoms with Crippen molar-refractivity contribution in [3.63, 3.8) is 0 Å². The van der Waals surface area contributed by atoms with Gasteiger partial charge in [0.05, 0.1) is 16.2 Å². The molecule has 22 heavy (non-hydrogen) atoms. The maximum Gasteiger partial charge on any atom is 0.231 e. The molecule has 2 aromatic carbocycles. The first-order valence-electron chi connectivity index (χ1n) is 6.48. The highest BCUT2D eigenvalue weighted by Crippen LogP contribution is 2.37. The van der Waals surface area contributed by atoms with E-state index in [4.69, 9.17) is 21.1 Å². The monoisotopic (exact) mass is 317 g/mol. The Hall–Kier alpha value is -2.60. The smallest absolute Gasteiger partial charge is 0.231 e. The zero-order valence-electron chi connectivity index (χ0n) is 11.1. The van der Waals surface area contributed by atoms with Crippen LogP contribution in [0.1, 0.15) is 0 Å². The summed E-state index contributed by atoms with van der Waals surface area (Å²) in [5.41, 5.74) is 0.911. The van der Waals surface area contributed by atoms with Gasteiger partial charge in [-0.2, -0.15) is 0 Å².